The molecule has 6 rings (SSSR count). The number of amides is 2. The average Bonchev–Trinajstić information content (AvgIpc) is 3.14. The fraction of sp³-hybridized carbons (Fsp3) is 0.233. The molecule has 0 aliphatic carbocycles. The summed E-state index contributed by atoms with van der Waals surface area (Å²) in [5.41, 5.74) is 3.67. The highest BCUT2D eigenvalue weighted by Crippen LogP contribution is 2.41. The maximum Gasteiger partial charge on any atom is 0.410 e. The predicted molar refractivity (Wildman–Crippen MR) is 208 cm³/mol. The minimum atomic E-state index is -0.851. The number of nitrogens with zero attached hydrogens (tertiary/aromatic N) is 1. The van der Waals surface area contributed by atoms with Gasteiger partial charge in [0, 0.05) is 35.8 Å². The Morgan fingerprint density at radius 2 is 1.38 bits per heavy atom. The Labute approximate surface area is 312 Å². The average molecular weight is 762 g/mol. The highest BCUT2D eigenvalue weighted by atomic mass is 79.9. The molecule has 0 radical (unpaired) electrons. The minimum absolute atomic E-state index is 0.0964. The molecule has 2 unspecified atom stereocenters. The number of likely N-dealkylation sites (tertiary alicyclic amines) is 1. The summed E-state index contributed by atoms with van der Waals surface area (Å²) < 4.78 is 20.1. The first-order valence-corrected chi connectivity index (χ1v) is 18.1. The van der Waals surface area contributed by atoms with Crippen molar-refractivity contribution in [2.45, 2.75) is 50.3 Å². The number of hydrogen-bond acceptors (Lipinski definition) is 5. The van der Waals surface area contributed by atoms with E-state index < -0.39 is 23.3 Å². The summed E-state index contributed by atoms with van der Waals surface area (Å²) in [6.07, 6.45) is 0.0440. The van der Waals surface area contributed by atoms with Crippen LogP contribution < -0.4 is 10.6 Å². The molecule has 1 aliphatic heterocycles. The van der Waals surface area contributed by atoms with Gasteiger partial charge in [-0.3, -0.25) is 10.2 Å². The third-order valence-electron chi connectivity index (χ3n) is 9.32. The Hall–Kier alpha value is -5.28. The summed E-state index contributed by atoms with van der Waals surface area (Å²) in [7, 11) is 0. The van der Waals surface area contributed by atoms with Crippen molar-refractivity contribution in [3.63, 3.8) is 0 Å². The van der Waals surface area contributed by atoms with Crippen molar-refractivity contribution >= 4 is 38.2 Å². The molecule has 52 heavy (non-hydrogen) atoms. The molecular weight excluding hydrogens is 719 g/mol. The lowest BCUT2D eigenvalue weighted by atomic mass is 9.76. The van der Waals surface area contributed by atoms with Crippen LogP contribution in [-0.4, -0.2) is 46.3 Å². The second-order valence-corrected chi connectivity index (χ2v) is 14.8. The molecule has 1 aliphatic rings. The molecular formula is C43H42BrFN4O3. The second-order valence-electron chi connectivity index (χ2n) is 14.0. The fourth-order valence-electron chi connectivity index (χ4n) is 6.94. The molecule has 0 spiro atoms. The first kappa shape index (κ1) is 36.5. The van der Waals surface area contributed by atoms with Gasteiger partial charge in [-0.05, 0) is 95.7 Å². The first-order chi connectivity index (χ1) is 24.9. The Kier molecular flexibility index (Phi) is 10.9. The molecule has 9 heteroatoms. The van der Waals surface area contributed by atoms with E-state index in [2.05, 4.69) is 63.0 Å². The summed E-state index contributed by atoms with van der Waals surface area (Å²) >= 11 is 3.40. The van der Waals surface area contributed by atoms with E-state index in [1.165, 1.54) is 12.1 Å². The maximum atomic E-state index is 14.4. The quantitative estimate of drug-likeness (QED) is 0.103. The SMILES string of the molecule is CC(C)(C)OC(=O)N1CCC(c2cccc(F)c2)C(NC(=O)c2ccc(NC(c3ccccc3)(c3ccccc3)c3ccccc3)c(C(=N)Br)c2)C1. The van der Waals surface area contributed by atoms with Crippen LogP contribution in [0.2, 0.25) is 0 Å². The number of hydrogen-bond donors (Lipinski definition) is 3. The third kappa shape index (κ3) is 8.10. The van der Waals surface area contributed by atoms with E-state index in [1.807, 2.05) is 87.5 Å². The number of nitrogens with one attached hydrogen (secondary N) is 3. The lowest BCUT2D eigenvalue weighted by molar-refractivity contribution is 0.0169. The summed E-state index contributed by atoms with van der Waals surface area (Å²) in [5, 5.41) is 15.7. The lowest BCUT2D eigenvalue weighted by Gasteiger charge is -2.39. The molecule has 1 fully saturated rings. The van der Waals surface area contributed by atoms with E-state index in [-0.39, 0.29) is 28.8 Å². The Morgan fingerprint density at radius 1 is 0.808 bits per heavy atom. The van der Waals surface area contributed by atoms with Crippen LogP contribution in [0.1, 0.15) is 71.3 Å². The molecule has 3 N–H and O–H groups in total. The molecule has 5 aromatic rings. The molecule has 5 aromatic carbocycles. The van der Waals surface area contributed by atoms with Crippen LogP contribution in [0, 0.1) is 11.2 Å². The van der Waals surface area contributed by atoms with Crippen molar-refractivity contribution in [1.82, 2.24) is 10.2 Å². The van der Waals surface area contributed by atoms with Crippen LogP contribution in [0.5, 0.6) is 0 Å². The van der Waals surface area contributed by atoms with Gasteiger partial charge < -0.3 is 20.3 Å². The summed E-state index contributed by atoms with van der Waals surface area (Å²) in [5.74, 6) is -0.978. The minimum Gasteiger partial charge on any atom is -0.444 e. The normalized spacial score (nSPS) is 16.1. The standard InChI is InChI=1S/C43H42BrFN4O3/c1-42(2,3)52-41(51)49-25-24-35(29-14-13-21-34(45)26-29)38(28-49)47-40(50)30-22-23-37(36(27-30)39(44)46)48-43(31-15-7-4-8-16-31,32-17-9-5-10-18-32)33-19-11-6-12-20-33/h4-23,26-27,35,38,46,48H,24-25,28H2,1-3H3,(H,47,50). The van der Waals surface area contributed by atoms with E-state index in [1.54, 1.807) is 23.1 Å². The van der Waals surface area contributed by atoms with Crippen LogP contribution in [0.25, 0.3) is 0 Å². The van der Waals surface area contributed by atoms with Gasteiger partial charge in [-0.15, -0.1) is 0 Å². The van der Waals surface area contributed by atoms with E-state index in [4.69, 9.17) is 10.1 Å². The van der Waals surface area contributed by atoms with Gasteiger partial charge in [-0.1, -0.05) is 103 Å². The fourth-order valence-corrected chi connectivity index (χ4v) is 7.27. The van der Waals surface area contributed by atoms with Crippen LogP contribution >= 0.6 is 15.9 Å². The molecule has 7 nitrogen and oxygen atoms in total. The van der Waals surface area contributed by atoms with Crippen molar-refractivity contribution in [2.75, 3.05) is 18.4 Å². The number of anilines is 1. The maximum absolute atomic E-state index is 14.4. The molecule has 2 atom stereocenters. The lowest BCUT2D eigenvalue weighted by Crippen LogP contribution is -2.54. The van der Waals surface area contributed by atoms with Crippen LogP contribution in [0.3, 0.4) is 0 Å². The first-order valence-electron chi connectivity index (χ1n) is 17.3. The van der Waals surface area contributed by atoms with E-state index >= 15 is 0 Å². The zero-order chi connectivity index (χ0) is 36.9. The summed E-state index contributed by atoms with van der Waals surface area (Å²) in [6, 6.07) is 41.5. The highest BCUT2D eigenvalue weighted by Gasteiger charge is 2.38. The van der Waals surface area contributed by atoms with E-state index in [9.17, 15) is 14.0 Å². The number of benzene rings is 5. The topological polar surface area (TPSA) is 94.5 Å². The van der Waals surface area contributed by atoms with Gasteiger partial charge in [0.2, 0.25) is 0 Å². The molecule has 266 valence electrons. The zero-order valence-corrected chi connectivity index (χ0v) is 31.0. The van der Waals surface area contributed by atoms with Gasteiger partial charge >= 0.3 is 6.09 Å². The second kappa shape index (κ2) is 15.5. The van der Waals surface area contributed by atoms with Crippen molar-refractivity contribution in [2.24, 2.45) is 0 Å². The Bertz CT molecular complexity index is 1940. The van der Waals surface area contributed by atoms with E-state index in [0.717, 1.165) is 22.3 Å². The van der Waals surface area contributed by atoms with E-state index in [0.29, 0.717) is 29.8 Å². The van der Waals surface area contributed by atoms with Gasteiger partial charge in [0.1, 0.15) is 21.6 Å². The largest absolute Gasteiger partial charge is 0.444 e. The van der Waals surface area contributed by atoms with Gasteiger partial charge in [0.25, 0.3) is 5.91 Å². The number of halogens is 2. The monoisotopic (exact) mass is 760 g/mol. The van der Waals surface area contributed by atoms with Crippen molar-refractivity contribution in [3.8, 4) is 0 Å². The van der Waals surface area contributed by atoms with Gasteiger partial charge in [0.15, 0.2) is 0 Å². The summed E-state index contributed by atoms with van der Waals surface area (Å²) in [6.45, 7) is 6.02. The zero-order valence-electron chi connectivity index (χ0n) is 29.4. The van der Waals surface area contributed by atoms with Crippen LogP contribution in [-0.2, 0) is 10.3 Å². The molecule has 0 saturated carbocycles. The van der Waals surface area contributed by atoms with Gasteiger partial charge in [0.05, 0.1) is 6.04 Å². The Morgan fingerprint density at radius 3 is 1.90 bits per heavy atom. The molecule has 0 bridgehead atoms. The molecule has 1 heterocycles. The number of ether oxygens (including phenoxy) is 1. The third-order valence-corrected chi connectivity index (χ3v) is 9.75. The summed E-state index contributed by atoms with van der Waals surface area (Å²) in [4.78, 5) is 28.8. The molecule has 0 aromatic heterocycles. The van der Waals surface area contributed by atoms with Gasteiger partial charge in [-0.2, -0.15) is 0 Å². The van der Waals surface area contributed by atoms with Gasteiger partial charge in [-0.25, -0.2) is 9.18 Å². The van der Waals surface area contributed by atoms with Crippen molar-refractivity contribution in [1.29, 1.82) is 5.41 Å². The molecule has 1 saturated heterocycles. The number of carbonyl (C=O) groups is 2. The predicted octanol–water partition coefficient (Wildman–Crippen LogP) is 9.47. The van der Waals surface area contributed by atoms with Crippen molar-refractivity contribution in [3.05, 3.63) is 173 Å². The number of piperidine rings is 1. The molecule has 2 amide bonds. The van der Waals surface area contributed by atoms with Crippen molar-refractivity contribution < 1.29 is 18.7 Å². The smallest absolute Gasteiger partial charge is 0.410 e. The Balaban J connectivity index is 1.36. The van der Waals surface area contributed by atoms with Crippen LogP contribution in [0.4, 0.5) is 14.9 Å². The highest BCUT2D eigenvalue weighted by molar-refractivity contribution is 9.18. The van der Waals surface area contributed by atoms with Crippen LogP contribution in [0.15, 0.2) is 133 Å². The number of rotatable bonds is 9. The number of carbonyl (C=O) groups excluding carboxylic acids is 2.